The molecule has 4 N–H and O–H groups in total. The molecule has 0 bridgehead atoms. The van der Waals surface area contributed by atoms with Gasteiger partial charge in [0.05, 0.1) is 5.56 Å². The van der Waals surface area contributed by atoms with Gasteiger partial charge < -0.3 is 25.2 Å². The predicted octanol–water partition coefficient (Wildman–Crippen LogP) is 5.20. The Hall–Kier alpha value is -4.45. The summed E-state index contributed by atoms with van der Waals surface area (Å²) in [5, 5.41) is 39.5. The quantitative estimate of drug-likeness (QED) is 0.326. The minimum absolute atomic E-state index is 0.0963. The summed E-state index contributed by atoms with van der Waals surface area (Å²) in [5.74, 6) is -1.09. The largest absolute Gasteiger partial charge is 0.508 e. The summed E-state index contributed by atoms with van der Waals surface area (Å²) in [5.41, 5.74) is 3.09. The van der Waals surface area contributed by atoms with E-state index in [-0.39, 0.29) is 35.2 Å². The molecule has 4 aromatic carbocycles. The summed E-state index contributed by atoms with van der Waals surface area (Å²) in [7, 11) is 0. The van der Waals surface area contributed by atoms with E-state index >= 15 is 0 Å². The van der Waals surface area contributed by atoms with Crippen LogP contribution >= 0.6 is 0 Å². The lowest BCUT2D eigenvalue weighted by Crippen LogP contribution is -2.06. The second-order valence-corrected chi connectivity index (χ2v) is 7.34. The van der Waals surface area contributed by atoms with Gasteiger partial charge in [0, 0.05) is 12.1 Å². The number of hydrogen-bond acceptors (Lipinski definition) is 6. The van der Waals surface area contributed by atoms with E-state index in [1.807, 2.05) is 30.3 Å². The van der Waals surface area contributed by atoms with Crippen molar-refractivity contribution in [2.45, 2.75) is 6.61 Å². The van der Waals surface area contributed by atoms with Crippen LogP contribution in [-0.2, 0) is 11.3 Å². The average molecular weight is 428 g/mol. The van der Waals surface area contributed by atoms with Crippen LogP contribution in [0.3, 0.4) is 0 Å². The number of benzene rings is 4. The highest BCUT2D eigenvalue weighted by Crippen LogP contribution is 2.35. The zero-order valence-electron chi connectivity index (χ0n) is 16.9. The smallest absolute Gasteiger partial charge is 0.338 e. The number of phenolic OH excluding ortho intramolecular Hbond substituents is 4. The molecule has 0 atom stereocenters. The minimum Gasteiger partial charge on any atom is -0.508 e. The molecule has 6 nitrogen and oxygen atoms in total. The maximum absolute atomic E-state index is 12.8. The van der Waals surface area contributed by atoms with Crippen molar-refractivity contribution in [3.63, 3.8) is 0 Å². The molecular formula is C26H20O6. The lowest BCUT2D eigenvalue weighted by molar-refractivity contribution is 0.0473. The van der Waals surface area contributed by atoms with Crippen molar-refractivity contribution < 1.29 is 30.0 Å². The Kier molecular flexibility index (Phi) is 5.68. The van der Waals surface area contributed by atoms with E-state index in [4.69, 9.17) is 4.74 Å². The number of aromatic hydroxyl groups is 4. The molecule has 32 heavy (non-hydrogen) atoms. The third-order valence-corrected chi connectivity index (χ3v) is 4.85. The summed E-state index contributed by atoms with van der Waals surface area (Å²) in [4.78, 5) is 12.8. The molecule has 0 aromatic heterocycles. The molecule has 0 saturated heterocycles. The fourth-order valence-corrected chi connectivity index (χ4v) is 3.41. The molecule has 4 rings (SSSR count). The van der Waals surface area contributed by atoms with Crippen LogP contribution in [0.5, 0.6) is 23.0 Å². The highest BCUT2D eigenvalue weighted by Gasteiger charge is 2.14. The Morgan fingerprint density at radius 3 is 1.50 bits per heavy atom. The van der Waals surface area contributed by atoms with Gasteiger partial charge in [0.25, 0.3) is 0 Å². The van der Waals surface area contributed by atoms with Gasteiger partial charge in [-0.2, -0.15) is 0 Å². The van der Waals surface area contributed by atoms with Crippen molar-refractivity contribution in [3.05, 3.63) is 96.1 Å². The van der Waals surface area contributed by atoms with Gasteiger partial charge >= 0.3 is 5.97 Å². The molecule has 0 aliphatic carbocycles. The monoisotopic (exact) mass is 428 g/mol. The van der Waals surface area contributed by atoms with E-state index in [0.29, 0.717) is 22.3 Å². The number of carbonyl (C=O) groups is 1. The fraction of sp³-hybridized carbons (Fsp3) is 0.0385. The van der Waals surface area contributed by atoms with Crippen LogP contribution in [0.15, 0.2) is 84.9 Å². The highest BCUT2D eigenvalue weighted by molar-refractivity contribution is 5.93. The Morgan fingerprint density at radius 1 is 0.594 bits per heavy atom. The second kappa shape index (κ2) is 8.73. The maximum Gasteiger partial charge on any atom is 0.338 e. The van der Waals surface area contributed by atoms with Crippen molar-refractivity contribution in [1.29, 1.82) is 0 Å². The Bertz CT molecular complexity index is 1170. The van der Waals surface area contributed by atoms with E-state index in [2.05, 4.69) is 0 Å². The highest BCUT2D eigenvalue weighted by atomic mass is 16.5. The molecule has 0 aliphatic rings. The van der Waals surface area contributed by atoms with E-state index in [9.17, 15) is 25.2 Å². The standard InChI is InChI=1S/C26H20O6/c27-22-9-19(10-23(28)13-22)17-6-18(20-11-24(29)14-25(30)12-20)8-21(7-17)26(31)32-15-16-4-2-1-3-5-16/h1-14,27-30H,15H2. The van der Waals surface area contributed by atoms with Crippen molar-refractivity contribution in [2.24, 2.45) is 0 Å². The third kappa shape index (κ3) is 4.82. The fourth-order valence-electron chi connectivity index (χ4n) is 3.41. The van der Waals surface area contributed by atoms with Crippen LogP contribution in [0, 0.1) is 0 Å². The van der Waals surface area contributed by atoms with Crippen LogP contribution in [-0.4, -0.2) is 26.4 Å². The zero-order chi connectivity index (χ0) is 22.7. The zero-order valence-corrected chi connectivity index (χ0v) is 16.9. The lowest BCUT2D eigenvalue weighted by Gasteiger charge is -2.12. The van der Waals surface area contributed by atoms with Crippen molar-refractivity contribution in [2.75, 3.05) is 0 Å². The van der Waals surface area contributed by atoms with Gasteiger partial charge in [-0.25, -0.2) is 4.79 Å². The van der Waals surface area contributed by atoms with Gasteiger partial charge in [-0.1, -0.05) is 30.3 Å². The van der Waals surface area contributed by atoms with Crippen molar-refractivity contribution in [1.82, 2.24) is 0 Å². The van der Waals surface area contributed by atoms with E-state index in [1.165, 1.54) is 36.4 Å². The lowest BCUT2D eigenvalue weighted by atomic mass is 9.95. The van der Waals surface area contributed by atoms with Crippen LogP contribution in [0.25, 0.3) is 22.3 Å². The normalized spacial score (nSPS) is 10.6. The first-order valence-electron chi connectivity index (χ1n) is 9.80. The summed E-state index contributed by atoms with van der Waals surface area (Å²) in [6.45, 7) is 0.0963. The minimum atomic E-state index is -0.564. The second-order valence-electron chi connectivity index (χ2n) is 7.34. The molecule has 0 radical (unpaired) electrons. The number of phenols is 4. The molecule has 6 heteroatoms. The Balaban J connectivity index is 1.77. The predicted molar refractivity (Wildman–Crippen MR) is 120 cm³/mol. The molecule has 0 aliphatic heterocycles. The van der Waals surface area contributed by atoms with Crippen molar-refractivity contribution >= 4 is 5.97 Å². The number of ether oxygens (including phenoxy) is 1. The summed E-state index contributed by atoms with van der Waals surface area (Å²) >= 11 is 0. The molecular weight excluding hydrogens is 408 g/mol. The van der Waals surface area contributed by atoms with Gasteiger partial charge in [0.1, 0.15) is 29.6 Å². The summed E-state index contributed by atoms with van der Waals surface area (Å²) in [6, 6.07) is 22.4. The first kappa shape index (κ1) is 20.8. The third-order valence-electron chi connectivity index (χ3n) is 4.85. The molecule has 0 amide bonds. The van der Waals surface area contributed by atoms with Crippen LogP contribution in [0.1, 0.15) is 15.9 Å². The molecule has 160 valence electrons. The first-order valence-corrected chi connectivity index (χ1v) is 9.80. The van der Waals surface area contributed by atoms with E-state index < -0.39 is 5.97 Å². The van der Waals surface area contributed by atoms with Crippen LogP contribution in [0.2, 0.25) is 0 Å². The van der Waals surface area contributed by atoms with Crippen molar-refractivity contribution in [3.8, 4) is 45.3 Å². The van der Waals surface area contributed by atoms with Gasteiger partial charge in [-0.3, -0.25) is 0 Å². The number of hydrogen-bond donors (Lipinski definition) is 4. The van der Waals surface area contributed by atoms with Crippen LogP contribution in [0.4, 0.5) is 0 Å². The SMILES string of the molecule is O=C(OCc1ccccc1)c1cc(-c2cc(O)cc(O)c2)cc(-c2cc(O)cc(O)c2)c1. The maximum atomic E-state index is 12.8. The topological polar surface area (TPSA) is 107 Å². The summed E-state index contributed by atoms with van der Waals surface area (Å²) < 4.78 is 5.45. The van der Waals surface area contributed by atoms with Gasteiger partial charge in [-0.05, 0) is 70.3 Å². The molecule has 0 heterocycles. The molecule has 0 fully saturated rings. The average Bonchev–Trinajstić information content (AvgIpc) is 2.76. The Labute approximate surface area is 184 Å². The molecule has 0 unspecified atom stereocenters. The number of esters is 1. The summed E-state index contributed by atoms with van der Waals surface area (Å²) in [6.07, 6.45) is 0. The van der Waals surface area contributed by atoms with Gasteiger partial charge in [0.2, 0.25) is 0 Å². The number of rotatable bonds is 5. The first-order chi connectivity index (χ1) is 15.4. The van der Waals surface area contributed by atoms with Gasteiger partial charge in [0.15, 0.2) is 0 Å². The van der Waals surface area contributed by atoms with Crippen LogP contribution < -0.4 is 0 Å². The van der Waals surface area contributed by atoms with Gasteiger partial charge in [-0.15, -0.1) is 0 Å². The van der Waals surface area contributed by atoms with E-state index in [1.54, 1.807) is 18.2 Å². The van der Waals surface area contributed by atoms with E-state index in [0.717, 1.165) is 5.56 Å². The molecule has 4 aromatic rings. The molecule has 0 spiro atoms. The number of carbonyl (C=O) groups excluding carboxylic acids is 1. The Morgan fingerprint density at radius 2 is 1.03 bits per heavy atom. The molecule has 0 saturated carbocycles.